The van der Waals surface area contributed by atoms with Gasteiger partial charge in [-0.3, -0.25) is 9.88 Å². The van der Waals surface area contributed by atoms with Crippen LogP contribution in [0.25, 0.3) is 0 Å². The van der Waals surface area contributed by atoms with Crippen LogP contribution in [-0.4, -0.2) is 40.2 Å². The lowest BCUT2D eigenvalue weighted by molar-refractivity contribution is 0.0196. The summed E-state index contributed by atoms with van der Waals surface area (Å²) in [5, 5.41) is 3.26. The number of pyridine rings is 1. The van der Waals surface area contributed by atoms with E-state index in [2.05, 4.69) is 32.4 Å². The predicted octanol–water partition coefficient (Wildman–Crippen LogP) is 3.15. The minimum atomic E-state index is 0.351. The SMILES string of the molecule is c1cc(C[C@@H]2[C@H](OCC3CC3)CCN2Cc2nccs2)ccn1. The van der Waals surface area contributed by atoms with Crippen LogP contribution in [-0.2, 0) is 17.7 Å². The molecule has 0 unspecified atom stereocenters. The summed E-state index contributed by atoms with van der Waals surface area (Å²) in [7, 11) is 0. The van der Waals surface area contributed by atoms with Gasteiger partial charge in [-0.2, -0.15) is 0 Å². The molecule has 1 saturated carbocycles. The number of ether oxygens (including phenoxy) is 1. The summed E-state index contributed by atoms with van der Waals surface area (Å²) in [5.74, 6) is 0.824. The fraction of sp³-hybridized carbons (Fsp3) is 0.556. The van der Waals surface area contributed by atoms with Crippen LogP contribution in [0.5, 0.6) is 0 Å². The molecule has 2 fully saturated rings. The zero-order chi connectivity index (χ0) is 15.5. The van der Waals surface area contributed by atoms with Crippen molar-refractivity contribution in [2.45, 2.75) is 44.4 Å². The zero-order valence-electron chi connectivity index (χ0n) is 13.3. The lowest BCUT2D eigenvalue weighted by atomic mass is 10.0. The number of hydrogen-bond donors (Lipinski definition) is 0. The number of aromatic nitrogens is 2. The van der Waals surface area contributed by atoms with Gasteiger partial charge in [0, 0.05) is 43.2 Å². The summed E-state index contributed by atoms with van der Waals surface area (Å²) in [6.07, 6.45) is 10.9. The van der Waals surface area contributed by atoms with E-state index in [0.29, 0.717) is 12.1 Å². The van der Waals surface area contributed by atoms with Crippen LogP contribution >= 0.6 is 11.3 Å². The number of thiazole rings is 1. The van der Waals surface area contributed by atoms with E-state index in [4.69, 9.17) is 4.74 Å². The Morgan fingerprint density at radius 1 is 1.17 bits per heavy atom. The molecular weight excluding hydrogens is 306 g/mol. The molecule has 122 valence electrons. The van der Waals surface area contributed by atoms with Crippen molar-refractivity contribution in [3.63, 3.8) is 0 Å². The normalized spacial score (nSPS) is 25.0. The van der Waals surface area contributed by atoms with Crippen LogP contribution in [0.15, 0.2) is 36.1 Å². The second kappa shape index (κ2) is 7.07. The average Bonchev–Trinajstić information content (AvgIpc) is 3.13. The van der Waals surface area contributed by atoms with E-state index >= 15 is 0 Å². The van der Waals surface area contributed by atoms with Crippen molar-refractivity contribution in [1.82, 2.24) is 14.9 Å². The average molecular weight is 329 g/mol. The minimum absolute atomic E-state index is 0.351. The molecule has 2 aliphatic rings. The summed E-state index contributed by atoms with van der Waals surface area (Å²) in [6.45, 7) is 2.99. The Balaban J connectivity index is 1.45. The van der Waals surface area contributed by atoms with E-state index in [9.17, 15) is 0 Å². The molecule has 1 aliphatic heterocycles. The van der Waals surface area contributed by atoms with E-state index in [0.717, 1.165) is 38.5 Å². The maximum Gasteiger partial charge on any atom is 0.107 e. The van der Waals surface area contributed by atoms with Gasteiger partial charge in [-0.25, -0.2) is 4.98 Å². The molecule has 0 radical (unpaired) electrons. The second-order valence-electron chi connectivity index (χ2n) is 6.63. The molecule has 23 heavy (non-hydrogen) atoms. The summed E-state index contributed by atoms with van der Waals surface area (Å²) in [6, 6.07) is 4.69. The van der Waals surface area contributed by atoms with Crippen molar-refractivity contribution in [2.75, 3.05) is 13.2 Å². The summed E-state index contributed by atoms with van der Waals surface area (Å²) in [5.41, 5.74) is 1.34. The highest BCUT2D eigenvalue weighted by Crippen LogP contribution is 2.32. The molecule has 1 aliphatic carbocycles. The van der Waals surface area contributed by atoms with Gasteiger partial charge in [0.25, 0.3) is 0 Å². The first-order chi connectivity index (χ1) is 11.4. The second-order valence-corrected chi connectivity index (χ2v) is 7.61. The maximum absolute atomic E-state index is 6.29. The summed E-state index contributed by atoms with van der Waals surface area (Å²) < 4.78 is 6.29. The monoisotopic (exact) mass is 329 g/mol. The van der Waals surface area contributed by atoms with Crippen LogP contribution in [0.4, 0.5) is 0 Å². The first kappa shape index (κ1) is 15.2. The van der Waals surface area contributed by atoms with Crippen molar-refractivity contribution < 1.29 is 4.74 Å². The number of hydrogen-bond acceptors (Lipinski definition) is 5. The number of rotatable bonds is 7. The molecule has 5 heteroatoms. The minimum Gasteiger partial charge on any atom is -0.376 e. The van der Waals surface area contributed by atoms with Crippen LogP contribution in [0, 0.1) is 5.92 Å². The lowest BCUT2D eigenvalue weighted by Crippen LogP contribution is -2.38. The number of likely N-dealkylation sites (tertiary alicyclic amines) is 1. The first-order valence-electron chi connectivity index (χ1n) is 8.51. The lowest BCUT2D eigenvalue weighted by Gasteiger charge is -2.27. The van der Waals surface area contributed by atoms with E-state index in [1.54, 1.807) is 11.3 Å². The van der Waals surface area contributed by atoms with E-state index in [1.165, 1.54) is 23.4 Å². The van der Waals surface area contributed by atoms with Gasteiger partial charge in [0.1, 0.15) is 5.01 Å². The third kappa shape index (κ3) is 3.97. The Bertz CT molecular complexity index is 600. The van der Waals surface area contributed by atoms with Gasteiger partial charge >= 0.3 is 0 Å². The zero-order valence-corrected chi connectivity index (χ0v) is 14.1. The highest BCUT2D eigenvalue weighted by molar-refractivity contribution is 7.09. The van der Waals surface area contributed by atoms with Crippen molar-refractivity contribution >= 4 is 11.3 Å². The van der Waals surface area contributed by atoms with Gasteiger partial charge in [-0.05, 0) is 49.3 Å². The van der Waals surface area contributed by atoms with Gasteiger partial charge in [-0.15, -0.1) is 11.3 Å². The predicted molar refractivity (Wildman–Crippen MR) is 91.3 cm³/mol. The molecule has 2 aromatic rings. The molecule has 0 spiro atoms. The molecule has 4 rings (SSSR count). The third-order valence-corrected chi connectivity index (χ3v) is 5.62. The molecule has 0 amide bonds. The van der Waals surface area contributed by atoms with E-state index < -0.39 is 0 Å². The molecule has 0 N–H and O–H groups in total. The third-order valence-electron chi connectivity index (χ3n) is 4.86. The Morgan fingerprint density at radius 2 is 2.04 bits per heavy atom. The van der Waals surface area contributed by atoms with Crippen LogP contribution < -0.4 is 0 Å². The first-order valence-corrected chi connectivity index (χ1v) is 9.39. The van der Waals surface area contributed by atoms with Gasteiger partial charge in [-0.1, -0.05) is 0 Å². The summed E-state index contributed by atoms with van der Waals surface area (Å²) >= 11 is 1.74. The van der Waals surface area contributed by atoms with Gasteiger partial charge in [0.05, 0.1) is 12.6 Å². The highest BCUT2D eigenvalue weighted by atomic mass is 32.1. The summed E-state index contributed by atoms with van der Waals surface area (Å²) in [4.78, 5) is 11.1. The quantitative estimate of drug-likeness (QED) is 0.782. The Hall–Kier alpha value is -1.30. The molecule has 1 saturated heterocycles. The van der Waals surface area contributed by atoms with Crippen LogP contribution in [0.2, 0.25) is 0 Å². The van der Waals surface area contributed by atoms with Crippen molar-refractivity contribution in [3.8, 4) is 0 Å². The fourth-order valence-corrected chi connectivity index (χ4v) is 3.99. The number of nitrogens with zero attached hydrogens (tertiary/aromatic N) is 3. The Morgan fingerprint density at radius 3 is 2.78 bits per heavy atom. The van der Waals surface area contributed by atoms with Crippen LogP contribution in [0.1, 0.15) is 29.8 Å². The largest absolute Gasteiger partial charge is 0.376 e. The standard InChI is InChI=1S/C18H23N3OS/c1-2-15(1)13-22-17-5-9-21(12-18-20-8-10-23-18)16(17)11-14-3-6-19-7-4-14/h3-4,6-8,10,15-17H,1-2,5,9,11-13H2/t16-,17-/m1/s1. The molecule has 4 nitrogen and oxygen atoms in total. The van der Waals surface area contributed by atoms with Gasteiger partial charge < -0.3 is 4.74 Å². The van der Waals surface area contributed by atoms with E-state index in [-0.39, 0.29) is 0 Å². The molecule has 2 aromatic heterocycles. The van der Waals surface area contributed by atoms with Crippen molar-refractivity contribution in [2.24, 2.45) is 5.92 Å². The molecule has 3 heterocycles. The van der Waals surface area contributed by atoms with E-state index in [1.807, 2.05) is 18.6 Å². The Kier molecular flexibility index (Phi) is 4.69. The Labute approximate surface area is 141 Å². The maximum atomic E-state index is 6.29. The molecule has 0 bridgehead atoms. The molecule has 2 atom stereocenters. The molecule has 0 aromatic carbocycles. The molecular formula is C18H23N3OS. The topological polar surface area (TPSA) is 38.2 Å². The highest BCUT2D eigenvalue weighted by Gasteiger charge is 2.36. The fourth-order valence-electron chi connectivity index (χ4n) is 3.35. The van der Waals surface area contributed by atoms with Crippen LogP contribution in [0.3, 0.4) is 0 Å². The van der Waals surface area contributed by atoms with Crippen molar-refractivity contribution in [3.05, 3.63) is 46.7 Å². The van der Waals surface area contributed by atoms with Gasteiger partial charge in [0.2, 0.25) is 0 Å². The van der Waals surface area contributed by atoms with Gasteiger partial charge in [0.15, 0.2) is 0 Å². The smallest absolute Gasteiger partial charge is 0.107 e. The van der Waals surface area contributed by atoms with Crippen molar-refractivity contribution in [1.29, 1.82) is 0 Å².